The van der Waals surface area contributed by atoms with E-state index >= 15 is 0 Å². The lowest BCUT2D eigenvalue weighted by molar-refractivity contribution is 0.116. The largest absolute Gasteiger partial charge is 0.317 e. The first-order valence-corrected chi connectivity index (χ1v) is 7.58. The van der Waals surface area contributed by atoms with E-state index in [1.54, 1.807) is 0 Å². The number of nitrogens with zero attached hydrogens (tertiary/aromatic N) is 1. The third-order valence-electron chi connectivity index (χ3n) is 5.01. The van der Waals surface area contributed by atoms with Gasteiger partial charge in [-0.25, -0.2) is 0 Å². The highest BCUT2D eigenvalue weighted by Crippen LogP contribution is 2.29. The van der Waals surface area contributed by atoms with E-state index < -0.39 is 0 Å². The van der Waals surface area contributed by atoms with Crippen LogP contribution in [-0.4, -0.2) is 37.6 Å². The summed E-state index contributed by atoms with van der Waals surface area (Å²) in [4.78, 5) is 2.72. The molecule has 1 N–H and O–H groups in total. The van der Waals surface area contributed by atoms with Crippen LogP contribution in [0.3, 0.4) is 0 Å². The van der Waals surface area contributed by atoms with Crippen LogP contribution >= 0.6 is 0 Å². The minimum absolute atomic E-state index is 0.748. The summed E-state index contributed by atoms with van der Waals surface area (Å²) in [6.07, 6.45) is 7.21. The number of piperidine rings is 1. The number of hydrogen-bond acceptors (Lipinski definition) is 2. The van der Waals surface area contributed by atoms with E-state index in [1.807, 2.05) is 0 Å². The lowest BCUT2D eigenvalue weighted by Crippen LogP contribution is -2.48. The SMILES string of the molecule is CNC1CCN(CC2CCC(C)CC2)CC1C. The second kappa shape index (κ2) is 6.19. The Morgan fingerprint density at radius 3 is 2.35 bits per heavy atom. The Morgan fingerprint density at radius 1 is 1.06 bits per heavy atom. The van der Waals surface area contributed by atoms with Crippen LogP contribution in [0.25, 0.3) is 0 Å². The molecule has 0 amide bonds. The number of nitrogens with one attached hydrogen (secondary N) is 1. The van der Waals surface area contributed by atoms with Gasteiger partial charge in [-0.1, -0.05) is 26.7 Å². The summed E-state index contributed by atoms with van der Waals surface area (Å²) in [5.41, 5.74) is 0. The first-order chi connectivity index (χ1) is 8.19. The molecule has 1 saturated carbocycles. The van der Waals surface area contributed by atoms with Crippen LogP contribution in [0, 0.1) is 17.8 Å². The van der Waals surface area contributed by atoms with Crippen molar-refractivity contribution in [3.8, 4) is 0 Å². The van der Waals surface area contributed by atoms with E-state index in [2.05, 4.69) is 31.1 Å². The van der Waals surface area contributed by atoms with Crippen LogP contribution in [0.5, 0.6) is 0 Å². The van der Waals surface area contributed by atoms with Crippen LogP contribution in [0.15, 0.2) is 0 Å². The third-order valence-corrected chi connectivity index (χ3v) is 5.01. The summed E-state index contributed by atoms with van der Waals surface area (Å²) in [5, 5.41) is 3.46. The topological polar surface area (TPSA) is 15.3 Å². The van der Waals surface area contributed by atoms with Crippen LogP contribution in [0.4, 0.5) is 0 Å². The summed E-state index contributed by atoms with van der Waals surface area (Å²) in [5.74, 6) is 2.79. The molecular weight excluding hydrogens is 208 g/mol. The molecule has 0 spiro atoms. The Bertz CT molecular complexity index is 221. The van der Waals surface area contributed by atoms with Gasteiger partial charge < -0.3 is 10.2 Å². The minimum Gasteiger partial charge on any atom is -0.317 e. The van der Waals surface area contributed by atoms with Gasteiger partial charge in [0.1, 0.15) is 0 Å². The predicted molar refractivity (Wildman–Crippen MR) is 74.2 cm³/mol. The summed E-state index contributed by atoms with van der Waals surface area (Å²) in [7, 11) is 2.11. The van der Waals surface area contributed by atoms with Gasteiger partial charge in [0.15, 0.2) is 0 Å². The highest BCUT2D eigenvalue weighted by molar-refractivity contribution is 4.83. The number of likely N-dealkylation sites (tertiary alicyclic amines) is 1. The minimum atomic E-state index is 0.748. The van der Waals surface area contributed by atoms with E-state index in [-0.39, 0.29) is 0 Å². The molecule has 2 unspecified atom stereocenters. The summed E-state index contributed by atoms with van der Waals surface area (Å²) >= 11 is 0. The van der Waals surface area contributed by atoms with Gasteiger partial charge in [-0.3, -0.25) is 0 Å². The van der Waals surface area contributed by atoms with E-state index in [0.29, 0.717) is 0 Å². The molecule has 2 rings (SSSR count). The fraction of sp³-hybridized carbons (Fsp3) is 1.00. The Labute approximate surface area is 107 Å². The first kappa shape index (κ1) is 13.4. The fourth-order valence-corrected chi connectivity index (χ4v) is 3.70. The molecule has 1 saturated heterocycles. The van der Waals surface area contributed by atoms with Crippen LogP contribution in [-0.2, 0) is 0 Å². The first-order valence-electron chi connectivity index (χ1n) is 7.58. The van der Waals surface area contributed by atoms with E-state index in [9.17, 15) is 0 Å². The standard InChI is InChI=1S/C15H30N2/c1-12-4-6-14(7-5-12)11-17-9-8-15(16-3)13(2)10-17/h12-16H,4-11H2,1-3H3. The molecule has 17 heavy (non-hydrogen) atoms. The van der Waals surface area contributed by atoms with Crippen LogP contribution in [0.2, 0.25) is 0 Å². The monoisotopic (exact) mass is 238 g/mol. The van der Waals surface area contributed by atoms with Gasteiger partial charge in [0.25, 0.3) is 0 Å². The van der Waals surface area contributed by atoms with E-state index in [4.69, 9.17) is 0 Å². The van der Waals surface area contributed by atoms with Crippen molar-refractivity contribution in [2.24, 2.45) is 17.8 Å². The zero-order chi connectivity index (χ0) is 12.3. The van der Waals surface area contributed by atoms with E-state index in [0.717, 1.165) is 23.8 Å². The van der Waals surface area contributed by atoms with Gasteiger partial charge >= 0.3 is 0 Å². The summed E-state index contributed by atoms with van der Waals surface area (Å²) in [6.45, 7) is 8.79. The molecule has 0 aromatic carbocycles. The average molecular weight is 238 g/mol. The van der Waals surface area contributed by atoms with Crippen molar-refractivity contribution in [3.63, 3.8) is 0 Å². The van der Waals surface area contributed by atoms with Gasteiger partial charge in [-0.05, 0) is 50.6 Å². The van der Waals surface area contributed by atoms with Crippen LogP contribution < -0.4 is 5.32 Å². The average Bonchev–Trinajstić information content (AvgIpc) is 2.32. The molecule has 2 heteroatoms. The number of hydrogen-bond donors (Lipinski definition) is 1. The lowest BCUT2D eigenvalue weighted by Gasteiger charge is -2.39. The van der Waals surface area contributed by atoms with Gasteiger partial charge in [0, 0.05) is 19.1 Å². The zero-order valence-electron chi connectivity index (χ0n) is 11.9. The molecule has 0 aromatic heterocycles. The maximum atomic E-state index is 3.46. The molecule has 2 aliphatic rings. The molecule has 0 aromatic rings. The van der Waals surface area contributed by atoms with Crippen molar-refractivity contribution < 1.29 is 0 Å². The van der Waals surface area contributed by atoms with Gasteiger partial charge in [0.2, 0.25) is 0 Å². The zero-order valence-corrected chi connectivity index (χ0v) is 11.9. The number of rotatable bonds is 3. The Hall–Kier alpha value is -0.0800. The molecule has 1 aliphatic heterocycles. The molecule has 0 radical (unpaired) electrons. The molecule has 2 nitrogen and oxygen atoms in total. The van der Waals surface area contributed by atoms with E-state index in [1.165, 1.54) is 51.7 Å². The van der Waals surface area contributed by atoms with Crippen LogP contribution in [0.1, 0.15) is 46.0 Å². The summed E-state index contributed by atoms with van der Waals surface area (Å²) in [6, 6.07) is 0.748. The van der Waals surface area contributed by atoms with Crippen molar-refractivity contribution in [1.82, 2.24) is 10.2 Å². The van der Waals surface area contributed by atoms with Crippen molar-refractivity contribution in [2.75, 3.05) is 26.7 Å². The molecule has 100 valence electrons. The second-order valence-corrected chi connectivity index (χ2v) is 6.55. The maximum absolute atomic E-state index is 3.46. The predicted octanol–water partition coefficient (Wildman–Crippen LogP) is 2.74. The molecule has 0 bridgehead atoms. The second-order valence-electron chi connectivity index (χ2n) is 6.55. The van der Waals surface area contributed by atoms with Crippen molar-refractivity contribution >= 4 is 0 Å². The van der Waals surface area contributed by atoms with Gasteiger partial charge in [-0.2, -0.15) is 0 Å². The highest BCUT2D eigenvalue weighted by atomic mass is 15.1. The normalized spacial score (nSPS) is 40.4. The molecule has 2 fully saturated rings. The van der Waals surface area contributed by atoms with Crippen molar-refractivity contribution in [3.05, 3.63) is 0 Å². The summed E-state index contributed by atoms with van der Waals surface area (Å²) < 4.78 is 0. The molecule has 1 heterocycles. The fourth-order valence-electron chi connectivity index (χ4n) is 3.70. The van der Waals surface area contributed by atoms with Crippen molar-refractivity contribution in [1.29, 1.82) is 0 Å². The third kappa shape index (κ3) is 3.69. The highest BCUT2D eigenvalue weighted by Gasteiger charge is 2.27. The van der Waals surface area contributed by atoms with Gasteiger partial charge in [0.05, 0.1) is 0 Å². The maximum Gasteiger partial charge on any atom is 0.0114 e. The molecule has 1 aliphatic carbocycles. The quantitative estimate of drug-likeness (QED) is 0.813. The smallest absolute Gasteiger partial charge is 0.0114 e. The Kier molecular flexibility index (Phi) is 4.87. The van der Waals surface area contributed by atoms with Crippen molar-refractivity contribution in [2.45, 2.75) is 52.0 Å². The molecular formula is C15H30N2. The van der Waals surface area contributed by atoms with Gasteiger partial charge in [-0.15, -0.1) is 0 Å². The lowest BCUT2D eigenvalue weighted by atomic mass is 9.82. The Morgan fingerprint density at radius 2 is 1.76 bits per heavy atom. The Balaban J connectivity index is 1.73. The molecule has 2 atom stereocenters.